The highest BCUT2D eigenvalue weighted by Crippen LogP contribution is 2.37. The number of nitrogens with zero attached hydrogens (tertiary/aromatic N) is 2. The summed E-state index contributed by atoms with van der Waals surface area (Å²) in [5.41, 5.74) is 0.772. The largest absolute Gasteiger partial charge is 0.454 e. The molecule has 2 heterocycles. The molecule has 2 aliphatic heterocycles. The molecule has 29 heavy (non-hydrogen) atoms. The topological polar surface area (TPSA) is 97.4 Å². The maximum Gasteiger partial charge on any atom is 0.409 e. The summed E-state index contributed by atoms with van der Waals surface area (Å²) in [5.74, 6) is 0.564. The van der Waals surface area contributed by atoms with E-state index >= 15 is 0 Å². The fourth-order valence-electron chi connectivity index (χ4n) is 3.58. The summed E-state index contributed by atoms with van der Waals surface area (Å²) < 4.78 is 15.7. The van der Waals surface area contributed by atoms with E-state index in [1.807, 2.05) is 11.9 Å². The Hall–Kier alpha value is -2.81. The molecular weight excluding hydrogens is 378 g/mol. The van der Waals surface area contributed by atoms with Gasteiger partial charge in [0.2, 0.25) is 12.7 Å². The standard InChI is InChI=1S/C20H27N3O6/c1-4-27-20(26)23-7-5-6-14(10-23)22(3)11-19(25)21-16-9-18-17(28-12-29-18)8-15(16)13(2)24/h8-9,14H,4-7,10-12H2,1-3H3,(H,21,25). The van der Waals surface area contributed by atoms with E-state index in [0.717, 1.165) is 12.8 Å². The zero-order valence-corrected chi connectivity index (χ0v) is 17.0. The molecule has 0 bridgehead atoms. The lowest BCUT2D eigenvalue weighted by Gasteiger charge is -2.36. The van der Waals surface area contributed by atoms with Crippen LogP contribution >= 0.6 is 0 Å². The molecule has 1 unspecified atom stereocenters. The monoisotopic (exact) mass is 405 g/mol. The second kappa shape index (κ2) is 9.13. The normalized spacial score (nSPS) is 17.9. The second-order valence-corrected chi connectivity index (χ2v) is 7.21. The van der Waals surface area contributed by atoms with Gasteiger partial charge >= 0.3 is 6.09 Å². The van der Waals surface area contributed by atoms with Crippen molar-refractivity contribution in [3.63, 3.8) is 0 Å². The zero-order valence-electron chi connectivity index (χ0n) is 17.0. The van der Waals surface area contributed by atoms with Crippen LogP contribution in [0.15, 0.2) is 12.1 Å². The first-order valence-corrected chi connectivity index (χ1v) is 9.75. The number of hydrogen-bond acceptors (Lipinski definition) is 7. The van der Waals surface area contributed by atoms with Crippen molar-refractivity contribution in [1.29, 1.82) is 0 Å². The minimum atomic E-state index is -0.318. The first-order chi connectivity index (χ1) is 13.9. The summed E-state index contributed by atoms with van der Waals surface area (Å²) in [6.45, 7) is 4.96. The lowest BCUT2D eigenvalue weighted by atomic mass is 10.0. The number of amides is 2. The summed E-state index contributed by atoms with van der Waals surface area (Å²) in [7, 11) is 1.85. The van der Waals surface area contributed by atoms with Gasteiger partial charge in [0.1, 0.15) is 0 Å². The van der Waals surface area contributed by atoms with E-state index in [9.17, 15) is 14.4 Å². The van der Waals surface area contributed by atoms with Crippen molar-refractivity contribution in [3.05, 3.63) is 17.7 Å². The van der Waals surface area contributed by atoms with E-state index in [1.54, 1.807) is 24.0 Å². The number of likely N-dealkylation sites (tertiary alicyclic amines) is 1. The number of benzene rings is 1. The van der Waals surface area contributed by atoms with Gasteiger partial charge < -0.3 is 24.4 Å². The lowest BCUT2D eigenvalue weighted by Crippen LogP contribution is -2.50. The Kier molecular flexibility index (Phi) is 6.58. The highest BCUT2D eigenvalue weighted by molar-refractivity contribution is 6.05. The molecule has 9 nitrogen and oxygen atoms in total. The zero-order chi connectivity index (χ0) is 21.0. The van der Waals surface area contributed by atoms with Gasteiger partial charge in [-0.05, 0) is 39.8 Å². The molecule has 1 fully saturated rings. The van der Waals surface area contributed by atoms with Gasteiger partial charge in [-0.2, -0.15) is 0 Å². The van der Waals surface area contributed by atoms with E-state index in [1.165, 1.54) is 6.92 Å². The van der Waals surface area contributed by atoms with Crippen molar-refractivity contribution in [2.45, 2.75) is 32.7 Å². The van der Waals surface area contributed by atoms with Gasteiger partial charge in [0.25, 0.3) is 0 Å². The molecule has 0 spiro atoms. The number of carbonyl (C=O) groups is 3. The number of Topliss-reactive ketones (excluding diaryl/α,β-unsaturated/α-hetero) is 1. The molecule has 9 heteroatoms. The van der Waals surface area contributed by atoms with Crippen molar-refractivity contribution in [3.8, 4) is 11.5 Å². The van der Waals surface area contributed by atoms with Gasteiger partial charge in [0.05, 0.1) is 18.8 Å². The van der Waals surface area contributed by atoms with Crippen LogP contribution in [0, 0.1) is 0 Å². The van der Waals surface area contributed by atoms with Crippen LogP contribution in [0.2, 0.25) is 0 Å². The molecular formula is C20H27N3O6. The number of piperidine rings is 1. The molecule has 158 valence electrons. The van der Waals surface area contributed by atoms with Crippen LogP contribution < -0.4 is 14.8 Å². The van der Waals surface area contributed by atoms with E-state index in [4.69, 9.17) is 14.2 Å². The van der Waals surface area contributed by atoms with Crippen LogP contribution in [0.5, 0.6) is 11.5 Å². The van der Waals surface area contributed by atoms with Crippen LogP contribution in [-0.2, 0) is 9.53 Å². The molecule has 1 atom stereocenters. The van der Waals surface area contributed by atoms with E-state index in [-0.39, 0.29) is 37.2 Å². The molecule has 1 aromatic rings. The number of hydrogen-bond donors (Lipinski definition) is 1. The Balaban J connectivity index is 1.62. The smallest absolute Gasteiger partial charge is 0.409 e. The van der Waals surface area contributed by atoms with Crippen molar-refractivity contribution in [2.75, 3.05) is 45.4 Å². The minimum absolute atomic E-state index is 0.0583. The van der Waals surface area contributed by atoms with Gasteiger partial charge in [-0.3, -0.25) is 14.5 Å². The average molecular weight is 405 g/mol. The number of anilines is 1. The SMILES string of the molecule is CCOC(=O)N1CCCC(N(C)CC(=O)Nc2cc3c(cc2C(C)=O)OCO3)C1. The Morgan fingerprint density at radius 2 is 2.00 bits per heavy atom. The number of ketones is 1. The van der Waals surface area contributed by atoms with Gasteiger partial charge in [0.15, 0.2) is 17.3 Å². The Bertz CT molecular complexity index is 797. The predicted molar refractivity (Wildman–Crippen MR) is 105 cm³/mol. The number of carbonyl (C=O) groups excluding carboxylic acids is 3. The lowest BCUT2D eigenvalue weighted by molar-refractivity contribution is -0.117. The molecule has 0 aliphatic carbocycles. The molecule has 1 N–H and O–H groups in total. The van der Waals surface area contributed by atoms with E-state index < -0.39 is 0 Å². The summed E-state index contributed by atoms with van der Waals surface area (Å²) in [4.78, 5) is 40.2. The fourth-order valence-corrected chi connectivity index (χ4v) is 3.58. The number of ether oxygens (including phenoxy) is 3. The molecule has 2 amide bonds. The third-order valence-corrected chi connectivity index (χ3v) is 5.11. The maximum absolute atomic E-state index is 12.6. The van der Waals surface area contributed by atoms with Crippen LogP contribution in [0.25, 0.3) is 0 Å². The Morgan fingerprint density at radius 1 is 1.28 bits per heavy atom. The highest BCUT2D eigenvalue weighted by atomic mass is 16.7. The number of rotatable bonds is 6. The van der Waals surface area contributed by atoms with Crippen molar-refractivity contribution in [2.24, 2.45) is 0 Å². The molecule has 0 saturated carbocycles. The number of nitrogens with one attached hydrogen (secondary N) is 1. The van der Waals surface area contributed by atoms with Gasteiger partial charge in [-0.15, -0.1) is 0 Å². The summed E-state index contributed by atoms with van der Waals surface area (Å²) in [6, 6.07) is 3.26. The fraction of sp³-hybridized carbons (Fsp3) is 0.550. The van der Waals surface area contributed by atoms with Crippen LogP contribution in [0.1, 0.15) is 37.0 Å². The average Bonchev–Trinajstić information content (AvgIpc) is 3.14. The van der Waals surface area contributed by atoms with Gasteiger partial charge in [-0.1, -0.05) is 0 Å². The van der Waals surface area contributed by atoms with E-state index in [0.29, 0.717) is 42.4 Å². The Morgan fingerprint density at radius 3 is 2.69 bits per heavy atom. The summed E-state index contributed by atoms with van der Waals surface area (Å²) in [5, 5.41) is 2.80. The molecule has 3 rings (SSSR count). The van der Waals surface area contributed by atoms with Gasteiger partial charge in [-0.25, -0.2) is 4.79 Å². The quantitative estimate of drug-likeness (QED) is 0.724. The third-order valence-electron chi connectivity index (χ3n) is 5.11. The number of likely N-dealkylation sites (N-methyl/N-ethyl adjacent to an activating group) is 1. The van der Waals surface area contributed by atoms with Crippen LogP contribution in [0.4, 0.5) is 10.5 Å². The van der Waals surface area contributed by atoms with Crippen molar-refractivity contribution < 1.29 is 28.6 Å². The van der Waals surface area contributed by atoms with Crippen LogP contribution in [0.3, 0.4) is 0 Å². The Labute approximate surface area is 169 Å². The minimum Gasteiger partial charge on any atom is -0.454 e. The highest BCUT2D eigenvalue weighted by Gasteiger charge is 2.28. The molecule has 1 aromatic carbocycles. The maximum atomic E-state index is 12.6. The summed E-state index contributed by atoms with van der Waals surface area (Å²) >= 11 is 0. The first-order valence-electron chi connectivity index (χ1n) is 9.75. The third kappa shape index (κ3) is 4.97. The van der Waals surface area contributed by atoms with Crippen molar-refractivity contribution in [1.82, 2.24) is 9.80 Å². The van der Waals surface area contributed by atoms with Crippen LogP contribution in [-0.4, -0.2) is 73.7 Å². The molecule has 0 radical (unpaired) electrons. The molecule has 0 aromatic heterocycles. The summed E-state index contributed by atoms with van der Waals surface area (Å²) in [6.07, 6.45) is 1.43. The predicted octanol–water partition coefficient (Wildman–Crippen LogP) is 2.11. The van der Waals surface area contributed by atoms with Gasteiger partial charge in [0, 0.05) is 30.8 Å². The molecule has 2 aliphatic rings. The van der Waals surface area contributed by atoms with E-state index in [2.05, 4.69) is 5.32 Å². The first kappa shape index (κ1) is 20.9. The van der Waals surface area contributed by atoms with Crippen molar-refractivity contribution >= 4 is 23.5 Å². The second-order valence-electron chi connectivity index (χ2n) is 7.21. The molecule has 1 saturated heterocycles. The number of fused-ring (bicyclic) bond motifs is 1.